The smallest absolute Gasteiger partial charge is 0.407 e. The molecule has 1 unspecified atom stereocenters. The molecule has 1 amide bonds. The molecule has 0 radical (unpaired) electrons. The van der Waals surface area contributed by atoms with Gasteiger partial charge in [0.25, 0.3) is 0 Å². The van der Waals surface area contributed by atoms with Crippen LogP contribution in [0, 0.1) is 0 Å². The molecule has 2 bridgehead atoms. The van der Waals surface area contributed by atoms with Crippen molar-refractivity contribution in [2.24, 2.45) is 0 Å². The van der Waals surface area contributed by atoms with Gasteiger partial charge in [0, 0.05) is 24.5 Å². The fourth-order valence-electron chi connectivity index (χ4n) is 3.40. The van der Waals surface area contributed by atoms with Gasteiger partial charge in [0.1, 0.15) is 0 Å². The molecule has 1 aromatic heterocycles. The van der Waals surface area contributed by atoms with Crippen molar-refractivity contribution in [2.45, 2.75) is 43.7 Å². The van der Waals surface area contributed by atoms with Crippen molar-refractivity contribution < 1.29 is 9.90 Å². The number of piperidine rings is 1. The van der Waals surface area contributed by atoms with Crippen LogP contribution in [0.1, 0.15) is 37.2 Å². The molecule has 2 aliphatic rings. The molecule has 3 atom stereocenters. The van der Waals surface area contributed by atoms with Crippen molar-refractivity contribution in [3.63, 3.8) is 0 Å². The van der Waals surface area contributed by atoms with E-state index in [1.54, 1.807) is 4.90 Å². The van der Waals surface area contributed by atoms with Crippen LogP contribution in [0.3, 0.4) is 0 Å². The van der Waals surface area contributed by atoms with Crippen LogP contribution >= 0.6 is 0 Å². The van der Waals surface area contributed by atoms with Crippen LogP contribution < -0.4 is 0 Å². The molecule has 90 valence electrons. The summed E-state index contributed by atoms with van der Waals surface area (Å²) in [7, 11) is 0. The van der Waals surface area contributed by atoms with Gasteiger partial charge in [-0.3, -0.25) is 4.98 Å². The maximum Gasteiger partial charge on any atom is 0.407 e. The minimum Gasteiger partial charge on any atom is -0.465 e. The highest BCUT2D eigenvalue weighted by Gasteiger charge is 2.43. The second kappa shape index (κ2) is 4.02. The van der Waals surface area contributed by atoms with E-state index in [1.165, 1.54) is 5.56 Å². The molecule has 4 heteroatoms. The van der Waals surface area contributed by atoms with Crippen LogP contribution in [-0.2, 0) is 0 Å². The van der Waals surface area contributed by atoms with Crippen molar-refractivity contribution in [2.75, 3.05) is 0 Å². The van der Waals surface area contributed by atoms with E-state index < -0.39 is 6.09 Å². The highest BCUT2D eigenvalue weighted by molar-refractivity contribution is 5.66. The topological polar surface area (TPSA) is 53.4 Å². The summed E-state index contributed by atoms with van der Waals surface area (Å²) in [5, 5.41) is 9.19. The second-order valence-electron chi connectivity index (χ2n) is 5.02. The highest BCUT2D eigenvalue weighted by Crippen LogP contribution is 2.42. The molecule has 1 N–H and O–H groups in total. The van der Waals surface area contributed by atoms with Gasteiger partial charge in [0.05, 0.1) is 0 Å². The number of rotatable bonds is 1. The number of pyridine rings is 1. The van der Waals surface area contributed by atoms with Crippen LogP contribution in [0.4, 0.5) is 4.79 Å². The zero-order chi connectivity index (χ0) is 11.8. The molecule has 0 saturated carbocycles. The van der Waals surface area contributed by atoms with E-state index in [1.807, 2.05) is 12.4 Å². The molecular formula is C13H16N2O2. The molecule has 0 spiro atoms. The van der Waals surface area contributed by atoms with E-state index in [0.717, 1.165) is 25.7 Å². The Balaban J connectivity index is 1.80. The summed E-state index contributed by atoms with van der Waals surface area (Å²) in [6, 6.07) is 4.56. The first-order valence-corrected chi connectivity index (χ1v) is 6.17. The third-order valence-corrected chi connectivity index (χ3v) is 4.13. The van der Waals surface area contributed by atoms with Crippen molar-refractivity contribution in [3.05, 3.63) is 30.1 Å². The lowest BCUT2D eigenvalue weighted by Crippen LogP contribution is -2.45. The number of nitrogens with zero attached hydrogens (tertiary/aromatic N) is 2. The van der Waals surface area contributed by atoms with Gasteiger partial charge in [-0.1, -0.05) is 0 Å². The van der Waals surface area contributed by atoms with Gasteiger partial charge < -0.3 is 10.0 Å². The number of hydrogen-bond donors (Lipinski definition) is 1. The number of fused-ring (bicyclic) bond motifs is 2. The molecule has 2 aliphatic heterocycles. The Morgan fingerprint density at radius 1 is 1.24 bits per heavy atom. The summed E-state index contributed by atoms with van der Waals surface area (Å²) in [6.45, 7) is 0. The van der Waals surface area contributed by atoms with Crippen molar-refractivity contribution in [1.29, 1.82) is 0 Å². The first-order valence-electron chi connectivity index (χ1n) is 6.17. The third kappa shape index (κ3) is 1.77. The maximum atomic E-state index is 11.2. The second-order valence-corrected chi connectivity index (χ2v) is 5.02. The molecule has 0 aliphatic carbocycles. The van der Waals surface area contributed by atoms with Gasteiger partial charge in [-0.05, 0) is 49.3 Å². The van der Waals surface area contributed by atoms with Crippen LogP contribution in [0.5, 0.6) is 0 Å². The molecule has 0 aromatic carbocycles. The predicted octanol–water partition coefficient (Wildman–Crippen LogP) is 2.47. The predicted molar refractivity (Wildman–Crippen MR) is 62.9 cm³/mol. The van der Waals surface area contributed by atoms with Gasteiger partial charge in [0.15, 0.2) is 0 Å². The SMILES string of the molecule is O=C(O)N1[C@@H]2CC[C@H]1CC(c1ccncc1)C2. The van der Waals surface area contributed by atoms with Crippen LogP contribution in [-0.4, -0.2) is 33.2 Å². The zero-order valence-electron chi connectivity index (χ0n) is 9.62. The number of aromatic nitrogens is 1. The Morgan fingerprint density at radius 2 is 1.82 bits per heavy atom. The van der Waals surface area contributed by atoms with E-state index >= 15 is 0 Å². The van der Waals surface area contributed by atoms with Gasteiger partial charge >= 0.3 is 6.09 Å². The van der Waals surface area contributed by atoms with E-state index in [-0.39, 0.29) is 12.1 Å². The lowest BCUT2D eigenvalue weighted by molar-refractivity contribution is 0.0965. The average Bonchev–Trinajstić information content (AvgIpc) is 2.62. The largest absolute Gasteiger partial charge is 0.465 e. The summed E-state index contributed by atoms with van der Waals surface area (Å²) in [5.74, 6) is 0.506. The summed E-state index contributed by atoms with van der Waals surface area (Å²) in [6.07, 6.45) is 6.88. The fraction of sp³-hybridized carbons (Fsp3) is 0.538. The monoisotopic (exact) mass is 232 g/mol. The first-order chi connectivity index (χ1) is 8.25. The lowest BCUT2D eigenvalue weighted by atomic mass is 9.86. The van der Waals surface area contributed by atoms with Crippen molar-refractivity contribution >= 4 is 6.09 Å². The Kier molecular flexibility index (Phi) is 2.50. The summed E-state index contributed by atoms with van der Waals surface area (Å²) >= 11 is 0. The average molecular weight is 232 g/mol. The number of carboxylic acid groups (broad SMARTS) is 1. The Bertz CT molecular complexity index is 407. The summed E-state index contributed by atoms with van der Waals surface area (Å²) in [4.78, 5) is 16.9. The number of amides is 1. The normalized spacial score (nSPS) is 31.5. The third-order valence-electron chi connectivity index (χ3n) is 4.13. The molecule has 1 aromatic rings. The molecule has 2 saturated heterocycles. The first kappa shape index (κ1) is 10.6. The molecule has 3 rings (SSSR count). The van der Waals surface area contributed by atoms with Crippen LogP contribution in [0.15, 0.2) is 24.5 Å². The quantitative estimate of drug-likeness (QED) is 0.809. The van der Waals surface area contributed by atoms with Gasteiger partial charge in [-0.25, -0.2) is 4.79 Å². The van der Waals surface area contributed by atoms with E-state index in [0.29, 0.717) is 5.92 Å². The lowest BCUT2D eigenvalue weighted by Gasteiger charge is -2.37. The molecule has 3 heterocycles. The summed E-state index contributed by atoms with van der Waals surface area (Å²) < 4.78 is 0. The maximum absolute atomic E-state index is 11.2. The number of hydrogen-bond acceptors (Lipinski definition) is 2. The molecular weight excluding hydrogens is 216 g/mol. The highest BCUT2D eigenvalue weighted by atomic mass is 16.4. The zero-order valence-corrected chi connectivity index (χ0v) is 9.62. The van der Waals surface area contributed by atoms with E-state index in [2.05, 4.69) is 17.1 Å². The van der Waals surface area contributed by atoms with Gasteiger partial charge in [-0.15, -0.1) is 0 Å². The van der Waals surface area contributed by atoms with E-state index in [4.69, 9.17) is 0 Å². The molecule has 4 nitrogen and oxygen atoms in total. The van der Waals surface area contributed by atoms with Gasteiger partial charge in [-0.2, -0.15) is 0 Å². The van der Waals surface area contributed by atoms with Crippen LogP contribution in [0.2, 0.25) is 0 Å². The minimum absolute atomic E-state index is 0.226. The minimum atomic E-state index is -0.745. The van der Waals surface area contributed by atoms with Crippen molar-refractivity contribution in [1.82, 2.24) is 9.88 Å². The van der Waals surface area contributed by atoms with Crippen molar-refractivity contribution in [3.8, 4) is 0 Å². The molecule has 2 fully saturated rings. The Labute approximate surface area is 100 Å². The summed E-state index contributed by atoms with van der Waals surface area (Å²) in [5.41, 5.74) is 1.31. The number of carbonyl (C=O) groups is 1. The Hall–Kier alpha value is -1.58. The van der Waals surface area contributed by atoms with Gasteiger partial charge in [0.2, 0.25) is 0 Å². The Morgan fingerprint density at radius 3 is 2.35 bits per heavy atom. The fourth-order valence-corrected chi connectivity index (χ4v) is 3.40. The van der Waals surface area contributed by atoms with E-state index in [9.17, 15) is 9.90 Å². The molecule has 17 heavy (non-hydrogen) atoms. The standard InChI is InChI=1S/C13H16N2O2/c16-13(17)15-11-1-2-12(15)8-10(7-11)9-3-5-14-6-4-9/h3-6,10-12H,1-2,7-8H2,(H,16,17)/t10?,11-,12+. The van der Waals surface area contributed by atoms with Crippen LogP contribution in [0.25, 0.3) is 0 Å².